The van der Waals surface area contributed by atoms with E-state index in [2.05, 4.69) is 23.3 Å². The molecule has 4 nitrogen and oxygen atoms in total. The smallest absolute Gasteiger partial charge is 0.232 e. The molecule has 0 fully saturated rings. The van der Waals surface area contributed by atoms with Gasteiger partial charge in [-0.3, -0.25) is 0 Å². The molecular weight excluding hydrogens is 286 g/mol. The van der Waals surface area contributed by atoms with Gasteiger partial charge in [-0.25, -0.2) is 0 Å². The quantitative estimate of drug-likeness (QED) is 0.742. The molecule has 0 saturated heterocycles. The van der Waals surface area contributed by atoms with Gasteiger partial charge in [0.1, 0.15) is 6.07 Å². The third kappa shape index (κ3) is 4.24. The summed E-state index contributed by atoms with van der Waals surface area (Å²) in [5.41, 5.74) is 1.09. The van der Waals surface area contributed by atoms with Crippen LogP contribution in [0.5, 0.6) is 0 Å². The molecule has 0 atom stereocenters. The summed E-state index contributed by atoms with van der Waals surface area (Å²) in [5, 5.41) is 12.9. The topological polar surface area (TPSA) is 61.9 Å². The molecular formula is C16H18ClN3O. The van der Waals surface area contributed by atoms with Crippen molar-refractivity contribution in [2.75, 3.05) is 11.9 Å². The Bertz CT molecular complexity index is 613. The highest BCUT2D eigenvalue weighted by molar-refractivity contribution is 6.30. The minimum absolute atomic E-state index is 0.287. The summed E-state index contributed by atoms with van der Waals surface area (Å²) in [5.74, 6) is 0.873. The summed E-state index contributed by atoms with van der Waals surface area (Å²) in [7, 11) is 0. The number of unbranched alkanes of at least 4 members (excludes halogenated alkanes) is 3. The van der Waals surface area contributed by atoms with Crippen LogP contribution in [0, 0.1) is 11.3 Å². The van der Waals surface area contributed by atoms with Crippen LogP contribution in [0.3, 0.4) is 0 Å². The van der Waals surface area contributed by atoms with Crippen molar-refractivity contribution in [1.29, 1.82) is 5.26 Å². The van der Waals surface area contributed by atoms with Crippen molar-refractivity contribution in [1.82, 2.24) is 4.98 Å². The summed E-state index contributed by atoms with van der Waals surface area (Å²) >= 11 is 5.86. The second kappa shape index (κ2) is 7.70. The first-order valence-electron chi connectivity index (χ1n) is 7.15. The number of halogens is 1. The highest BCUT2D eigenvalue weighted by atomic mass is 35.5. The summed E-state index contributed by atoms with van der Waals surface area (Å²) in [6.07, 6.45) is 4.64. The van der Waals surface area contributed by atoms with Crippen LogP contribution in [0.2, 0.25) is 5.02 Å². The van der Waals surface area contributed by atoms with Crippen molar-refractivity contribution in [3.05, 3.63) is 35.0 Å². The van der Waals surface area contributed by atoms with E-state index < -0.39 is 0 Å². The lowest BCUT2D eigenvalue weighted by molar-refractivity contribution is 0.580. The van der Waals surface area contributed by atoms with E-state index in [0.717, 1.165) is 18.5 Å². The Balaban J connectivity index is 2.05. The number of benzene rings is 1. The van der Waals surface area contributed by atoms with E-state index >= 15 is 0 Å². The molecule has 0 radical (unpaired) electrons. The first kappa shape index (κ1) is 15.4. The van der Waals surface area contributed by atoms with E-state index in [-0.39, 0.29) is 5.69 Å². The standard InChI is InChI=1S/C16H18ClN3O/c1-2-3-4-5-10-19-16-14(11-18)20-15(21-16)12-6-8-13(17)9-7-12/h6-9,19H,2-5,10H2,1H3. The molecule has 0 aliphatic carbocycles. The highest BCUT2D eigenvalue weighted by Gasteiger charge is 2.13. The number of anilines is 1. The molecule has 2 rings (SSSR count). The average Bonchev–Trinajstić information content (AvgIpc) is 2.91. The van der Waals surface area contributed by atoms with Gasteiger partial charge in [-0.15, -0.1) is 0 Å². The molecule has 5 heteroatoms. The zero-order chi connectivity index (χ0) is 15.1. The summed E-state index contributed by atoms with van der Waals surface area (Å²) < 4.78 is 5.65. The van der Waals surface area contributed by atoms with E-state index in [1.807, 2.05) is 12.1 Å². The van der Waals surface area contributed by atoms with Crippen LogP contribution in [0.4, 0.5) is 5.88 Å². The third-order valence-electron chi connectivity index (χ3n) is 3.14. The van der Waals surface area contributed by atoms with Gasteiger partial charge in [0.05, 0.1) is 0 Å². The Kier molecular flexibility index (Phi) is 5.65. The molecule has 0 saturated carbocycles. The van der Waals surface area contributed by atoms with E-state index in [9.17, 15) is 0 Å². The zero-order valence-corrected chi connectivity index (χ0v) is 12.8. The molecule has 0 aliphatic heterocycles. The number of hydrogen-bond acceptors (Lipinski definition) is 4. The number of aromatic nitrogens is 1. The molecule has 110 valence electrons. The lowest BCUT2D eigenvalue weighted by Crippen LogP contribution is -2.01. The van der Waals surface area contributed by atoms with Crippen molar-refractivity contribution in [2.45, 2.75) is 32.6 Å². The van der Waals surface area contributed by atoms with Gasteiger partial charge in [-0.05, 0) is 30.7 Å². The van der Waals surface area contributed by atoms with E-state index in [0.29, 0.717) is 16.8 Å². The Morgan fingerprint density at radius 3 is 2.67 bits per heavy atom. The molecule has 0 spiro atoms. The van der Waals surface area contributed by atoms with Gasteiger partial charge < -0.3 is 9.73 Å². The van der Waals surface area contributed by atoms with Gasteiger partial charge in [0.15, 0.2) is 0 Å². The van der Waals surface area contributed by atoms with E-state index in [1.165, 1.54) is 19.3 Å². The van der Waals surface area contributed by atoms with Gasteiger partial charge >= 0.3 is 0 Å². The SMILES string of the molecule is CCCCCCNc1oc(-c2ccc(Cl)cc2)nc1C#N. The normalized spacial score (nSPS) is 10.3. The van der Waals surface area contributed by atoms with Gasteiger partial charge in [0, 0.05) is 17.1 Å². The monoisotopic (exact) mass is 303 g/mol. The number of nitrogens with zero attached hydrogens (tertiary/aromatic N) is 2. The van der Waals surface area contributed by atoms with Crippen LogP contribution in [-0.4, -0.2) is 11.5 Å². The third-order valence-corrected chi connectivity index (χ3v) is 3.39. The van der Waals surface area contributed by atoms with Gasteiger partial charge in [-0.1, -0.05) is 37.8 Å². The van der Waals surface area contributed by atoms with Crippen molar-refractivity contribution in [3.63, 3.8) is 0 Å². The molecule has 1 aromatic heterocycles. The predicted molar refractivity (Wildman–Crippen MR) is 84.3 cm³/mol. The summed E-state index contributed by atoms with van der Waals surface area (Å²) in [4.78, 5) is 4.21. The highest BCUT2D eigenvalue weighted by Crippen LogP contribution is 2.26. The Morgan fingerprint density at radius 2 is 2.00 bits per heavy atom. The number of rotatable bonds is 7. The van der Waals surface area contributed by atoms with Crippen molar-refractivity contribution >= 4 is 17.5 Å². The van der Waals surface area contributed by atoms with Crippen LogP contribution in [-0.2, 0) is 0 Å². The maximum Gasteiger partial charge on any atom is 0.232 e. The van der Waals surface area contributed by atoms with Crippen LogP contribution in [0.15, 0.2) is 28.7 Å². The second-order valence-corrected chi connectivity index (χ2v) is 5.24. The predicted octanol–water partition coefficient (Wildman–Crippen LogP) is 4.86. The van der Waals surface area contributed by atoms with E-state index in [1.54, 1.807) is 12.1 Å². The molecule has 1 N–H and O–H groups in total. The summed E-state index contributed by atoms with van der Waals surface area (Å²) in [6, 6.07) is 9.23. The lowest BCUT2D eigenvalue weighted by atomic mass is 10.2. The Morgan fingerprint density at radius 1 is 1.24 bits per heavy atom. The number of hydrogen-bond donors (Lipinski definition) is 1. The molecule has 0 aliphatic rings. The summed E-state index contributed by atoms with van der Waals surface area (Å²) in [6.45, 7) is 2.96. The molecule has 0 bridgehead atoms. The number of oxazole rings is 1. The lowest BCUT2D eigenvalue weighted by Gasteiger charge is -2.02. The molecule has 0 amide bonds. The van der Waals surface area contributed by atoms with E-state index in [4.69, 9.17) is 21.3 Å². The average molecular weight is 304 g/mol. The van der Waals surface area contributed by atoms with Crippen molar-refractivity contribution in [2.24, 2.45) is 0 Å². The molecule has 1 aromatic carbocycles. The molecule has 0 unspecified atom stereocenters. The van der Waals surface area contributed by atoms with Crippen molar-refractivity contribution < 1.29 is 4.42 Å². The fraction of sp³-hybridized carbons (Fsp3) is 0.375. The van der Waals surface area contributed by atoms with Crippen LogP contribution < -0.4 is 5.32 Å². The Hall–Kier alpha value is -1.99. The van der Waals surface area contributed by atoms with Gasteiger partial charge in [-0.2, -0.15) is 10.2 Å². The number of nitrogens with one attached hydrogen (secondary N) is 1. The molecule has 2 aromatic rings. The molecule has 1 heterocycles. The fourth-order valence-corrected chi connectivity index (χ4v) is 2.11. The minimum atomic E-state index is 0.287. The first-order chi connectivity index (χ1) is 10.2. The largest absolute Gasteiger partial charge is 0.419 e. The minimum Gasteiger partial charge on any atom is -0.419 e. The fourth-order valence-electron chi connectivity index (χ4n) is 1.99. The molecule has 21 heavy (non-hydrogen) atoms. The first-order valence-corrected chi connectivity index (χ1v) is 7.53. The zero-order valence-electron chi connectivity index (χ0n) is 12.0. The van der Waals surface area contributed by atoms with Crippen molar-refractivity contribution in [3.8, 4) is 17.5 Å². The van der Waals surface area contributed by atoms with Crippen LogP contribution in [0.1, 0.15) is 38.3 Å². The maximum absolute atomic E-state index is 9.13. The van der Waals surface area contributed by atoms with Gasteiger partial charge in [0.2, 0.25) is 17.5 Å². The Labute approximate surface area is 129 Å². The second-order valence-electron chi connectivity index (χ2n) is 4.80. The van der Waals surface area contributed by atoms with Gasteiger partial charge in [0.25, 0.3) is 0 Å². The van der Waals surface area contributed by atoms with Crippen LogP contribution >= 0.6 is 11.6 Å². The maximum atomic E-state index is 9.13. The number of nitriles is 1. The van der Waals surface area contributed by atoms with Crippen LogP contribution in [0.25, 0.3) is 11.5 Å².